The zero-order valence-corrected chi connectivity index (χ0v) is 7.03. The van der Waals surface area contributed by atoms with Gasteiger partial charge >= 0.3 is 0 Å². The molecule has 0 spiro atoms. The molecule has 0 aromatic carbocycles. The van der Waals surface area contributed by atoms with Crippen molar-refractivity contribution in [2.75, 3.05) is 13.2 Å². The molecule has 0 N–H and O–H groups in total. The molecule has 1 aliphatic carbocycles. The number of hydrogen-bond acceptors (Lipinski definition) is 3. The lowest BCUT2D eigenvalue weighted by molar-refractivity contribution is -0.0881. The Morgan fingerprint density at radius 1 is 1.17 bits per heavy atom. The van der Waals surface area contributed by atoms with Crippen LogP contribution in [0.1, 0.15) is 19.3 Å². The predicted molar refractivity (Wildman–Crippen MR) is 42.1 cm³/mol. The van der Waals surface area contributed by atoms with Crippen LogP contribution in [0.25, 0.3) is 0 Å². The molecule has 0 amide bonds. The second kappa shape index (κ2) is 3.42. The number of rotatable bonds is 1. The Morgan fingerprint density at radius 2 is 1.92 bits per heavy atom. The van der Waals surface area contributed by atoms with E-state index in [0.717, 1.165) is 19.3 Å². The molecular weight excluding hydrogens is 154 g/mol. The van der Waals surface area contributed by atoms with Crippen LogP contribution in [-0.4, -0.2) is 19.5 Å². The quantitative estimate of drug-likeness (QED) is 0.591. The van der Waals surface area contributed by atoms with E-state index in [1.165, 1.54) is 0 Å². The molecule has 2 fully saturated rings. The van der Waals surface area contributed by atoms with E-state index in [2.05, 4.69) is 6.07 Å². The van der Waals surface area contributed by atoms with Gasteiger partial charge in [0.1, 0.15) is 0 Å². The van der Waals surface area contributed by atoms with Crippen LogP contribution in [0.15, 0.2) is 0 Å². The van der Waals surface area contributed by atoms with Crippen LogP contribution in [0.2, 0.25) is 0 Å². The minimum absolute atomic E-state index is 0.0860. The molecule has 3 nitrogen and oxygen atoms in total. The Kier molecular flexibility index (Phi) is 2.29. The molecule has 12 heavy (non-hydrogen) atoms. The van der Waals surface area contributed by atoms with Crippen molar-refractivity contribution in [3.05, 3.63) is 0 Å². The van der Waals surface area contributed by atoms with Gasteiger partial charge in [-0.25, -0.2) is 0 Å². The predicted octanol–water partition coefficient (Wildman–Crippen LogP) is 1.30. The van der Waals surface area contributed by atoms with Gasteiger partial charge in [0.2, 0.25) is 0 Å². The molecule has 1 saturated heterocycles. The van der Waals surface area contributed by atoms with Gasteiger partial charge in [-0.05, 0) is 12.8 Å². The van der Waals surface area contributed by atoms with Crippen LogP contribution >= 0.6 is 0 Å². The maximum absolute atomic E-state index is 8.84. The molecule has 66 valence electrons. The van der Waals surface area contributed by atoms with E-state index < -0.39 is 0 Å². The van der Waals surface area contributed by atoms with Crippen LogP contribution in [-0.2, 0) is 9.47 Å². The number of ether oxygens (including phenoxy) is 2. The van der Waals surface area contributed by atoms with E-state index in [1.807, 2.05) is 0 Å². The summed E-state index contributed by atoms with van der Waals surface area (Å²) in [6.07, 6.45) is 3.16. The molecule has 3 heteroatoms. The first kappa shape index (κ1) is 8.03. The van der Waals surface area contributed by atoms with E-state index in [9.17, 15) is 0 Å². The maximum Gasteiger partial charge on any atom is 0.161 e. The van der Waals surface area contributed by atoms with Crippen molar-refractivity contribution in [2.45, 2.75) is 25.6 Å². The minimum atomic E-state index is -0.0860. The van der Waals surface area contributed by atoms with Gasteiger partial charge < -0.3 is 9.47 Å². The highest BCUT2D eigenvalue weighted by molar-refractivity contribution is 4.94. The zero-order chi connectivity index (χ0) is 8.39. The molecular formula is C9H13NO2. The fourth-order valence-electron chi connectivity index (χ4n) is 2.10. The van der Waals surface area contributed by atoms with Crippen molar-refractivity contribution >= 4 is 0 Å². The second-order valence-electron chi connectivity index (χ2n) is 3.44. The van der Waals surface area contributed by atoms with E-state index in [0.29, 0.717) is 19.1 Å². The number of nitriles is 1. The Labute approximate surface area is 72.3 Å². The fourth-order valence-corrected chi connectivity index (χ4v) is 2.10. The van der Waals surface area contributed by atoms with Gasteiger partial charge in [-0.2, -0.15) is 5.26 Å². The Morgan fingerprint density at radius 3 is 2.58 bits per heavy atom. The van der Waals surface area contributed by atoms with Crippen molar-refractivity contribution in [3.63, 3.8) is 0 Å². The van der Waals surface area contributed by atoms with E-state index in [4.69, 9.17) is 14.7 Å². The first-order chi connectivity index (χ1) is 5.92. The lowest BCUT2D eigenvalue weighted by Crippen LogP contribution is -2.24. The number of nitrogens with zero attached hydrogens (tertiary/aromatic N) is 1. The monoisotopic (exact) mass is 167 g/mol. The molecule has 2 atom stereocenters. The molecule has 0 aromatic heterocycles. The summed E-state index contributed by atoms with van der Waals surface area (Å²) in [5.74, 6) is 0.491. The summed E-state index contributed by atoms with van der Waals surface area (Å²) in [6, 6.07) is 2.33. The van der Waals surface area contributed by atoms with E-state index >= 15 is 0 Å². The summed E-state index contributed by atoms with van der Waals surface area (Å²) < 4.78 is 10.8. The van der Waals surface area contributed by atoms with Crippen LogP contribution in [0, 0.1) is 23.2 Å². The van der Waals surface area contributed by atoms with Gasteiger partial charge in [0.05, 0.1) is 25.2 Å². The Balaban J connectivity index is 1.97. The third-order valence-corrected chi connectivity index (χ3v) is 2.73. The normalized spacial score (nSPS) is 36.9. The van der Waals surface area contributed by atoms with Crippen molar-refractivity contribution in [1.29, 1.82) is 5.26 Å². The van der Waals surface area contributed by atoms with Crippen LogP contribution < -0.4 is 0 Å². The third-order valence-electron chi connectivity index (χ3n) is 2.73. The lowest BCUT2D eigenvalue weighted by atomic mass is 9.97. The standard InChI is InChI=1S/C9H13NO2/c10-6-7-2-1-3-8(7)9-11-4-5-12-9/h7-9H,1-5H2. The first-order valence-corrected chi connectivity index (χ1v) is 4.54. The van der Waals surface area contributed by atoms with Gasteiger partial charge in [0.15, 0.2) is 6.29 Å². The van der Waals surface area contributed by atoms with Gasteiger partial charge in [0, 0.05) is 5.92 Å². The summed E-state index contributed by atoms with van der Waals surface area (Å²) in [7, 11) is 0. The van der Waals surface area contributed by atoms with Gasteiger partial charge in [0.25, 0.3) is 0 Å². The molecule has 1 heterocycles. The topological polar surface area (TPSA) is 42.2 Å². The van der Waals surface area contributed by atoms with Gasteiger partial charge in [-0.1, -0.05) is 6.42 Å². The summed E-state index contributed by atoms with van der Waals surface area (Å²) in [5.41, 5.74) is 0. The molecule has 1 aliphatic heterocycles. The summed E-state index contributed by atoms with van der Waals surface area (Å²) in [5, 5.41) is 8.84. The highest BCUT2D eigenvalue weighted by atomic mass is 16.7. The van der Waals surface area contributed by atoms with Crippen LogP contribution in [0.5, 0.6) is 0 Å². The smallest absolute Gasteiger partial charge is 0.161 e. The van der Waals surface area contributed by atoms with Crippen LogP contribution in [0.4, 0.5) is 0 Å². The molecule has 1 saturated carbocycles. The molecule has 2 rings (SSSR count). The molecule has 0 aromatic rings. The van der Waals surface area contributed by atoms with Gasteiger partial charge in [-0.15, -0.1) is 0 Å². The minimum Gasteiger partial charge on any atom is -0.350 e. The van der Waals surface area contributed by atoms with Crippen LogP contribution in [0.3, 0.4) is 0 Å². The fraction of sp³-hybridized carbons (Fsp3) is 0.889. The average molecular weight is 167 g/mol. The van der Waals surface area contributed by atoms with Gasteiger partial charge in [-0.3, -0.25) is 0 Å². The maximum atomic E-state index is 8.84. The van der Waals surface area contributed by atoms with Crippen molar-refractivity contribution in [3.8, 4) is 6.07 Å². The van der Waals surface area contributed by atoms with E-state index in [-0.39, 0.29) is 12.2 Å². The third kappa shape index (κ3) is 1.33. The molecule has 2 unspecified atom stereocenters. The molecule has 0 bridgehead atoms. The Hall–Kier alpha value is -0.590. The SMILES string of the molecule is N#CC1CCCC1C1OCCO1. The highest BCUT2D eigenvalue weighted by Crippen LogP contribution is 2.36. The second-order valence-corrected chi connectivity index (χ2v) is 3.44. The largest absolute Gasteiger partial charge is 0.350 e. The highest BCUT2D eigenvalue weighted by Gasteiger charge is 2.36. The number of hydrogen-bond donors (Lipinski definition) is 0. The first-order valence-electron chi connectivity index (χ1n) is 4.54. The zero-order valence-electron chi connectivity index (χ0n) is 7.03. The lowest BCUT2D eigenvalue weighted by Gasteiger charge is -2.18. The summed E-state index contributed by atoms with van der Waals surface area (Å²) in [4.78, 5) is 0. The van der Waals surface area contributed by atoms with Crippen molar-refractivity contribution in [2.24, 2.45) is 11.8 Å². The van der Waals surface area contributed by atoms with Crippen molar-refractivity contribution < 1.29 is 9.47 Å². The summed E-state index contributed by atoms with van der Waals surface area (Å²) in [6.45, 7) is 1.39. The average Bonchev–Trinajstić information content (AvgIpc) is 2.74. The molecule has 0 radical (unpaired) electrons. The molecule has 2 aliphatic rings. The Bertz CT molecular complexity index is 193. The van der Waals surface area contributed by atoms with E-state index in [1.54, 1.807) is 0 Å². The summed E-state index contributed by atoms with van der Waals surface area (Å²) >= 11 is 0. The van der Waals surface area contributed by atoms with Crippen molar-refractivity contribution in [1.82, 2.24) is 0 Å².